The van der Waals surface area contributed by atoms with Gasteiger partial charge in [-0.25, -0.2) is 8.42 Å². The van der Waals surface area contributed by atoms with Crippen molar-refractivity contribution in [2.24, 2.45) is 5.92 Å². The molecule has 0 aliphatic carbocycles. The first-order valence-corrected chi connectivity index (χ1v) is 11.3. The molecule has 2 N–H and O–H groups in total. The summed E-state index contributed by atoms with van der Waals surface area (Å²) in [6.07, 6.45) is 3.22. The minimum absolute atomic E-state index is 0.0686. The third-order valence-electron chi connectivity index (χ3n) is 5.86. The maximum absolute atomic E-state index is 13.0. The Balaban J connectivity index is 1.60. The van der Waals surface area contributed by atoms with Gasteiger partial charge in [-0.15, -0.1) is 0 Å². The van der Waals surface area contributed by atoms with Crippen molar-refractivity contribution in [3.05, 3.63) is 29.3 Å². The number of nitrogens with zero attached hydrogens (tertiary/aromatic N) is 1. The van der Waals surface area contributed by atoms with E-state index < -0.39 is 10.0 Å². The van der Waals surface area contributed by atoms with Crippen molar-refractivity contribution in [1.29, 1.82) is 0 Å². The SMILES string of the molecule is Cc1ccc(S(=O)(=O)N2CCC(C(=O)NC3CCCNC3C)CC2)c(C)c1. The average molecular weight is 394 g/mol. The van der Waals surface area contributed by atoms with Gasteiger partial charge in [-0.05, 0) is 64.6 Å². The fourth-order valence-corrected chi connectivity index (χ4v) is 5.80. The van der Waals surface area contributed by atoms with E-state index in [1.807, 2.05) is 26.0 Å². The molecule has 0 spiro atoms. The summed E-state index contributed by atoms with van der Waals surface area (Å²) in [6.45, 7) is 7.68. The van der Waals surface area contributed by atoms with E-state index in [2.05, 4.69) is 17.6 Å². The van der Waals surface area contributed by atoms with Gasteiger partial charge in [0, 0.05) is 31.1 Å². The third-order valence-corrected chi connectivity index (χ3v) is 7.92. The largest absolute Gasteiger partial charge is 0.352 e. The van der Waals surface area contributed by atoms with E-state index >= 15 is 0 Å². The summed E-state index contributed by atoms with van der Waals surface area (Å²) in [4.78, 5) is 13.0. The summed E-state index contributed by atoms with van der Waals surface area (Å²) < 4.78 is 27.5. The Labute approximate surface area is 162 Å². The van der Waals surface area contributed by atoms with Crippen molar-refractivity contribution in [3.8, 4) is 0 Å². The molecule has 2 fully saturated rings. The van der Waals surface area contributed by atoms with E-state index in [1.54, 1.807) is 6.07 Å². The summed E-state index contributed by atoms with van der Waals surface area (Å²) in [7, 11) is -3.50. The van der Waals surface area contributed by atoms with Crippen LogP contribution < -0.4 is 10.6 Å². The smallest absolute Gasteiger partial charge is 0.243 e. The second kappa shape index (κ2) is 8.29. The monoisotopic (exact) mass is 393 g/mol. The van der Waals surface area contributed by atoms with E-state index in [1.165, 1.54) is 4.31 Å². The second-order valence-corrected chi connectivity index (χ2v) is 9.85. The molecule has 1 aromatic carbocycles. The molecular weight excluding hydrogens is 362 g/mol. The first kappa shape index (κ1) is 20.3. The van der Waals surface area contributed by atoms with Crippen molar-refractivity contribution >= 4 is 15.9 Å². The zero-order valence-corrected chi connectivity index (χ0v) is 17.3. The molecule has 0 aromatic heterocycles. The predicted molar refractivity (Wildman–Crippen MR) is 106 cm³/mol. The van der Waals surface area contributed by atoms with Crippen LogP contribution in [0.25, 0.3) is 0 Å². The van der Waals surface area contributed by atoms with Crippen molar-refractivity contribution < 1.29 is 13.2 Å². The van der Waals surface area contributed by atoms with Gasteiger partial charge in [-0.2, -0.15) is 4.31 Å². The normalized spacial score (nSPS) is 25.3. The molecule has 7 heteroatoms. The van der Waals surface area contributed by atoms with Crippen molar-refractivity contribution in [3.63, 3.8) is 0 Å². The molecule has 0 bridgehead atoms. The van der Waals surface area contributed by atoms with Gasteiger partial charge in [-0.3, -0.25) is 4.79 Å². The van der Waals surface area contributed by atoms with Crippen LogP contribution in [0.1, 0.15) is 43.7 Å². The molecule has 1 amide bonds. The van der Waals surface area contributed by atoms with E-state index in [9.17, 15) is 13.2 Å². The van der Waals surface area contributed by atoms with Crippen LogP contribution in [0.5, 0.6) is 0 Å². The number of nitrogens with one attached hydrogen (secondary N) is 2. The molecule has 150 valence electrons. The molecule has 2 heterocycles. The van der Waals surface area contributed by atoms with E-state index in [4.69, 9.17) is 0 Å². The zero-order chi connectivity index (χ0) is 19.6. The first-order valence-electron chi connectivity index (χ1n) is 9.90. The highest BCUT2D eigenvalue weighted by Gasteiger charge is 2.34. The van der Waals surface area contributed by atoms with Gasteiger partial charge in [0.1, 0.15) is 0 Å². The van der Waals surface area contributed by atoms with E-state index in [-0.39, 0.29) is 23.9 Å². The Morgan fingerprint density at radius 1 is 1.19 bits per heavy atom. The van der Waals surface area contributed by atoms with E-state index in [0.717, 1.165) is 30.5 Å². The molecule has 3 rings (SSSR count). The first-order chi connectivity index (χ1) is 12.8. The van der Waals surface area contributed by atoms with Crippen LogP contribution in [0, 0.1) is 19.8 Å². The molecule has 6 nitrogen and oxygen atoms in total. The Kier molecular flexibility index (Phi) is 6.23. The minimum atomic E-state index is -3.50. The number of sulfonamides is 1. The molecule has 0 radical (unpaired) electrons. The van der Waals surface area contributed by atoms with Crippen LogP contribution in [0.2, 0.25) is 0 Å². The van der Waals surface area contributed by atoms with Crippen molar-refractivity contribution in [1.82, 2.24) is 14.9 Å². The average Bonchev–Trinajstić information content (AvgIpc) is 2.63. The van der Waals surface area contributed by atoms with Gasteiger partial charge in [0.25, 0.3) is 0 Å². The van der Waals surface area contributed by atoms with Gasteiger partial charge >= 0.3 is 0 Å². The zero-order valence-electron chi connectivity index (χ0n) is 16.5. The number of benzene rings is 1. The van der Waals surface area contributed by atoms with Crippen LogP contribution in [0.15, 0.2) is 23.1 Å². The lowest BCUT2D eigenvalue weighted by atomic mass is 9.94. The Morgan fingerprint density at radius 3 is 2.52 bits per heavy atom. The van der Waals surface area contributed by atoms with Crippen LogP contribution in [-0.2, 0) is 14.8 Å². The predicted octanol–water partition coefficient (Wildman–Crippen LogP) is 1.96. The number of hydrogen-bond acceptors (Lipinski definition) is 4. The number of hydrogen-bond donors (Lipinski definition) is 2. The summed E-state index contributed by atoms with van der Waals surface area (Å²) in [5, 5.41) is 6.56. The van der Waals surface area contributed by atoms with Gasteiger partial charge in [-0.1, -0.05) is 17.7 Å². The Morgan fingerprint density at radius 2 is 1.89 bits per heavy atom. The van der Waals surface area contributed by atoms with Crippen LogP contribution in [0.3, 0.4) is 0 Å². The van der Waals surface area contributed by atoms with Gasteiger partial charge in [0.2, 0.25) is 15.9 Å². The van der Waals surface area contributed by atoms with E-state index in [0.29, 0.717) is 30.8 Å². The summed E-state index contributed by atoms with van der Waals surface area (Å²) in [5.41, 5.74) is 1.82. The molecule has 2 aliphatic heterocycles. The number of amides is 1. The molecule has 0 saturated carbocycles. The van der Waals surface area contributed by atoms with Gasteiger partial charge in [0.15, 0.2) is 0 Å². The Hall–Kier alpha value is -1.44. The fraction of sp³-hybridized carbons (Fsp3) is 0.650. The highest BCUT2D eigenvalue weighted by molar-refractivity contribution is 7.89. The maximum Gasteiger partial charge on any atom is 0.243 e. The number of carbonyl (C=O) groups excluding carboxylic acids is 1. The standard InChI is InChI=1S/C20H31N3O3S/c1-14-6-7-19(15(2)13-14)27(25,26)23-11-8-17(9-12-23)20(24)22-18-5-4-10-21-16(18)3/h6-7,13,16-18,21H,4-5,8-12H2,1-3H3,(H,22,24). The fourth-order valence-electron chi connectivity index (χ4n) is 4.13. The molecule has 2 aliphatic rings. The molecule has 1 aromatic rings. The summed E-state index contributed by atoms with van der Waals surface area (Å²) in [5.74, 6) is -0.0381. The molecule has 2 unspecified atom stereocenters. The lowest BCUT2D eigenvalue weighted by Crippen LogP contribution is -2.54. The summed E-state index contributed by atoms with van der Waals surface area (Å²) >= 11 is 0. The molecule has 27 heavy (non-hydrogen) atoms. The molecule has 2 saturated heterocycles. The maximum atomic E-state index is 13.0. The summed E-state index contributed by atoms with van der Waals surface area (Å²) in [6, 6.07) is 5.87. The number of piperidine rings is 2. The lowest BCUT2D eigenvalue weighted by Gasteiger charge is -2.34. The number of aryl methyl sites for hydroxylation is 2. The lowest BCUT2D eigenvalue weighted by molar-refractivity contribution is -0.127. The third kappa shape index (κ3) is 4.52. The van der Waals surface area contributed by atoms with Gasteiger partial charge in [0.05, 0.1) is 4.90 Å². The number of rotatable bonds is 4. The molecule has 2 atom stereocenters. The van der Waals surface area contributed by atoms with Crippen LogP contribution in [0.4, 0.5) is 0 Å². The van der Waals surface area contributed by atoms with Crippen LogP contribution in [-0.4, -0.2) is 50.3 Å². The highest BCUT2D eigenvalue weighted by Crippen LogP contribution is 2.26. The number of carbonyl (C=O) groups is 1. The van der Waals surface area contributed by atoms with Crippen LogP contribution >= 0.6 is 0 Å². The van der Waals surface area contributed by atoms with Gasteiger partial charge < -0.3 is 10.6 Å². The topological polar surface area (TPSA) is 78.5 Å². The Bertz CT molecular complexity index is 786. The minimum Gasteiger partial charge on any atom is -0.352 e. The quantitative estimate of drug-likeness (QED) is 0.820. The van der Waals surface area contributed by atoms with Crippen molar-refractivity contribution in [2.45, 2.75) is 63.4 Å². The second-order valence-electron chi connectivity index (χ2n) is 7.95. The highest BCUT2D eigenvalue weighted by atomic mass is 32.2. The van der Waals surface area contributed by atoms with Crippen molar-refractivity contribution in [2.75, 3.05) is 19.6 Å². The molecular formula is C20H31N3O3S.